The molecule has 1 aromatic rings. The summed E-state index contributed by atoms with van der Waals surface area (Å²) < 4.78 is 0. The van der Waals surface area contributed by atoms with Gasteiger partial charge in [-0.25, -0.2) is 4.79 Å². The summed E-state index contributed by atoms with van der Waals surface area (Å²) in [7, 11) is 0. The van der Waals surface area contributed by atoms with E-state index < -0.39 is 12.0 Å². The molecule has 11 heteroatoms. The van der Waals surface area contributed by atoms with E-state index in [1.165, 1.54) is 0 Å². The van der Waals surface area contributed by atoms with E-state index in [-0.39, 0.29) is 29.7 Å². The number of amides is 2. The molecule has 0 saturated carbocycles. The van der Waals surface area contributed by atoms with E-state index in [0.29, 0.717) is 30.8 Å². The molecule has 6 N–H and O–H groups in total. The minimum Gasteiger partial charge on any atom is -0.480 e. The maximum Gasteiger partial charge on any atom is 0.326 e. The molecular formula is C22H32N6O4S. The fourth-order valence-corrected chi connectivity index (χ4v) is 4.72. The number of hydrogen-bond donors (Lipinski definition) is 6. The topological polar surface area (TPSA) is 144 Å². The smallest absolute Gasteiger partial charge is 0.326 e. The summed E-state index contributed by atoms with van der Waals surface area (Å²) in [4.78, 5) is 40.5. The average molecular weight is 477 g/mol. The Kier molecular flexibility index (Phi) is 9.37. The molecule has 0 aliphatic carbocycles. The molecule has 0 radical (unpaired) electrons. The van der Waals surface area contributed by atoms with Crippen molar-refractivity contribution in [3.05, 3.63) is 29.8 Å². The van der Waals surface area contributed by atoms with Crippen molar-refractivity contribution in [3.63, 3.8) is 0 Å². The number of rotatable bonds is 11. The zero-order chi connectivity index (χ0) is 23.6. The molecule has 33 heavy (non-hydrogen) atoms. The fourth-order valence-electron chi connectivity index (χ4n) is 3.55. The quantitative estimate of drug-likeness (QED) is 0.254. The van der Waals surface area contributed by atoms with Crippen LogP contribution in [0.5, 0.6) is 0 Å². The number of carboxylic acid groups (broad SMARTS) is 1. The van der Waals surface area contributed by atoms with Crippen molar-refractivity contribution in [3.8, 4) is 0 Å². The Morgan fingerprint density at radius 1 is 1.27 bits per heavy atom. The second-order valence-electron chi connectivity index (χ2n) is 7.99. The maximum atomic E-state index is 12.5. The number of guanidine groups is 1. The summed E-state index contributed by atoms with van der Waals surface area (Å²) in [5.41, 5.74) is 1.40. The van der Waals surface area contributed by atoms with Gasteiger partial charge < -0.3 is 26.4 Å². The minimum absolute atomic E-state index is 0.0890. The fraction of sp³-hybridized carbons (Fsp3) is 0.545. The zero-order valence-corrected chi connectivity index (χ0v) is 19.5. The third-order valence-corrected chi connectivity index (χ3v) is 6.78. The van der Waals surface area contributed by atoms with Crippen molar-refractivity contribution in [2.24, 2.45) is 4.99 Å². The molecule has 3 unspecified atom stereocenters. The Labute approximate surface area is 197 Å². The number of aliphatic imine (C=N–C) groups is 1. The minimum atomic E-state index is -1.08. The zero-order valence-electron chi connectivity index (χ0n) is 18.7. The van der Waals surface area contributed by atoms with E-state index in [4.69, 9.17) is 0 Å². The van der Waals surface area contributed by atoms with Crippen LogP contribution in [0.2, 0.25) is 0 Å². The molecule has 1 aromatic carbocycles. The predicted molar refractivity (Wildman–Crippen MR) is 129 cm³/mol. The van der Waals surface area contributed by atoms with Gasteiger partial charge in [-0.15, -0.1) is 11.8 Å². The van der Waals surface area contributed by atoms with E-state index in [9.17, 15) is 19.5 Å². The van der Waals surface area contributed by atoms with Gasteiger partial charge in [0.1, 0.15) is 6.04 Å². The third kappa shape index (κ3) is 7.93. The lowest BCUT2D eigenvalue weighted by atomic mass is 10.0. The van der Waals surface area contributed by atoms with Crippen LogP contribution in [0.25, 0.3) is 0 Å². The van der Waals surface area contributed by atoms with Crippen LogP contribution in [0.15, 0.2) is 29.3 Å². The molecule has 3 rings (SSSR count). The number of carbonyl (C=O) groups is 3. The normalized spacial score (nSPS) is 20.5. The Bertz CT molecular complexity index is 863. The standard InChI is InChI=1S/C22H32N6O4S/c1-2-19-27-17(13-33-19)20(30)28-16(21(31)32)12-14-5-7-15(8-6-14)26-18(29)4-3-9-23-22-24-10-11-25-22/h5-8,16-17,19,27H,2-4,9-13H2,1H3,(H,26,29)(H,28,30)(H,31,32)(H2,23,24,25). The average Bonchev–Trinajstić information content (AvgIpc) is 3.49. The predicted octanol–water partition coefficient (Wildman–Crippen LogP) is 0.507. The molecule has 2 heterocycles. The van der Waals surface area contributed by atoms with Crippen LogP contribution in [0.1, 0.15) is 31.7 Å². The lowest BCUT2D eigenvalue weighted by molar-refractivity contribution is -0.142. The maximum absolute atomic E-state index is 12.5. The molecule has 1 saturated heterocycles. The Hall–Kier alpha value is -2.79. The SMILES string of the molecule is CCC1NC(C(=O)NC(Cc2ccc(NC(=O)CCCNC3=NCCN3)cc2)C(=O)O)CS1. The summed E-state index contributed by atoms with van der Waals surface area (Å²) in [5, 5.41) is 24.7. The first-order valence-corrected chi connectivity index (χ1v) is 12.3. The lowest BCUT2D eigenvalue weighted by Crippen LogP contribution is -2.50. The summed E-state index contributed by atoms with van der Waals surface area (Å²) in [6, 6.07) is 5.61. The molecule has 0 bridgehead atoms. The first kappa shape index (κ1) is 24.8. The summed E-state index contributed by atoms with van der Waals surface area (Å²) in [6.07, 6.45) is 2.12. The summed E-state index contributed by atoms with van der Waals surface area (Å²) in [5.74, 6) is -0.0441. The highest BCUT2D eigenvalue weighted by molar-refractivity contribution is 8.00. The Morgan fingerprint density at radius 3 is 2.70 bits per heavy atom. The second-order valence-corrected chi connectivity index (χ2v) is 9.22. The molecule has 0 spiro atoms. The van der Waals surface area contributed by atoms with Gasteiger partial charge in [-0.05, 0) is 30.5 Å². The number of carbonyl (C=O) groups excluding carboxylic acids is 2. The first-order chi connectivity index (χ1) is 15.9. The van der Waals surface area contributed by atoms with Crippen LogP contribution in [-0.2, 0) is 20.8 Å². The second kappa shape index (κ2) is 12.4. The van der Waals surface area contributed by atoms with Crippen LogP contribution in [0.3, 0.4) is 0 Å². The van der Waals surface area contributed by atoms with Gasteiger partial charge in [0, 0.05) is 37.4 Å². The number of hydrogen-bond acceptors (Lipinski definition) is 8. The van der Waals surface area contributed by atoms with Gasteiger partial charge in [-0.1, -0.05) is 19.1 Å². The molecule has 180 valence electrons. The van der Waals surface area contributed by atoms with Crippen LogP contribution >= 0.6 is 11.8 Å². The first-order valence-electron chi connectivity index (χ1n) is 11.3. The third-order valence-electron chi connectivity index (χ3n) is 5.38. The number of aliphatic carboxylic acids is 1. The number of thioether (sulfide) groups is 1. The number of benzene rings is 1. The van der Waals surface area contributed by atoms with Gasteiger partial charge in [0.25, 0.3) is 0 Å². The van der Waals surface area contributed by atoms with Crippen LogP contribution in [0.4, 0.5) is 5.69 Å². The van der Waals surface area contributed by atoms with Gasteiger partial charge in [0.05, 0.1) is 18.0 Å². The molecular weight excluding hydrogens is 444 g/mol. The highest BCUT2D eigenvalue weighted by Gasteiger charge is 2.31. The van der Waals surface area contributed by atoms with Gasteiger partial charge >= 0.3 is 5.97 Å². The molecule has 2 aliphatic rings. The van der Waals surface area contributed by atoms with Crippen molar-refractivity contribution in [1.29, 1.82) is 0 Å². The van der Waals surface area contributed by atoms with Crippen molar-refractivity contribution < 1.29 is 19.5 Å². The highest BCUT2D eigenvalue weighted by atomic mass is 32.2. The van der Waals surface area contributed by atoms with Gasteiger partial charge in [-0.2, -0.15) is 0 Å². The number of nitrogens with one attached hydrogen (secondary N) is 5. The Balaban J connectivity index is 1.42. The largest absolute Gasteiger partial charge is 0.480 e. The van der Waals surface area contributed by atoms with E-state index in [2.05, 4.69) is 31.6 Å². The molecule has 1 fully saturated rings. The number of carboxylic acids is 1. The summed E-state index contributed by atoms with van der Waals surface area (Å²) >= 11 is 1.67. The summed E-state index contributed by atoms with van der Waals surface area (Å²) in [6.45, 7) is 4.32. The molecule has 0 aromatic heterocycles. The lowest BCUT2D eigenvalue weighted by Gasteiger charge is -2.18. The van der Waals surface area contributed by atoms with Crippen molar-refractivity contribution in [1.82, 2.24) is 21.3 Å². The van der Waals surface area contributed by atoms with E-state index in [0.717, 1.165) is 31.0 Å². The van der Waals surface area contributed by atoms with Gasteiger partial charge in [-0.3, -0.25) is 19.9 Å². The van der Waals surface area contributed by atoms with Crippen LogP contribution in [-0.4, -0.2) is 71.7 Å². The monoisotopic (exact) mass is 476 g/mol. The number of anilines is 1. The number of nitrogens with zero attached hydrogens (tertiary/aromatic N) is 1. The van der Waals surface area contributed by atoms with Crippen molar-refractivity contribution in [2.75, 3.05) is 30.7 Å². The van der Waals surface area contributed by atoms with Crippen molar-refractivity contribution in [2.45, 2.75) is 50.1 Å². The van der Waals surface area contributed by atoms with E-state index >= 15 is 0 Å². The Morgan fingerprint density at radius 2 is 2.06 bits per heavy atom. The van der Waals surface area contributed by atoms with Crippen LogP contribution < -0.4 is 26.6 Å². The molecule has 2 amide bonds. The van der Waals surface area contributed by atoms with Crippen LogP contribution in [0, 0.1) is 0 Å². The van der Waals surface area contributed by atoms with E-state index in [1.54, 1.807) is 36.0 Å². The molecule has 2 aliphatic heterocycles. The van der Waals surface area contributed by atoms with Crippen molar-refractivity contribution >= 4 is 41.2 Å². The molecule has 10 nitrogen and oxygen atoms in total. The highest BCUT2D eigenvalue weighted by Crippen LogP contribution is 2.21. The van der Waals surface area contributed by atoms with Gasteiger partial charge in [0.2, 0.25) is 11.8 Å². The van der Waals surface area contributed by atoms with E-state index in [1.807, 2.05) is 6.92 Å². The molecule has 3 atom stereocenters. The van der Waals surface area contributed by atoms with Gasteiger partial charge in [0.15, 0.2) is 5.96 Å².